The highest BCUT2D eigenvalue weighted by molar-refractivity contribution is 6.05. The van der Waals surface area contributed by atoms with Crippen molar-refractivity contribution < 1.29 is 23.2 Å². The summed E-state index contributed by atoms with van der Waals surface area (Å²) >= 11 is 0. The van der Waals surface area contributed by atoms with Crippen LogP contribution in [0.2, 0.25) is 0 Å². The molecule has 0 spiro atoms. The molecular weight excluding hydrogens is 470 g/mol. The highest BCUT2D eigenvalue weighted by Gasteiger charge is 2.71. The second-order valence-corrected chi connectivity index (χ2v) is 10.2. The van der Waals surface area contributed by atoms with Crippen LogP contribution in [0.15, 0.2) is 30.3 Å². The first kappa shape index (κ1) is 24.1. The molecule has 4 aliphatic rings. The number of nitrogens with two attached hydrogens (primary N) is 1. The Kier molecular flexibility index (Phi) is 5.90. The number of primary amides is 1. The number of hydrogen-bond acceptors (Lipinski definition) is 6. The van der Waals surface area contributed by atoms with Crippen LogP contribution in [-0.2, 0) is 4.79 Å². The molecule has 0 unspecified atom stereocenters. The number of nitrogens with zero attached hydrogens (tertiary/aromatic N) is 3. The molecule has 3 saturated carbocycles. The largest absolute Gasteiger partial charge is 0.366 e. The van der Waals surface area contributed by atoms with Gasteiger partial charge in [0.05, 0.1) is 22.4 Å². The number of aromatic nitrogens is 1. The Morgan fingerprint density at radius 3 is 2.36 bits per heavy atom. The summed E-state index contributed by atoms with van der Waals surface area (Å²) in [5.41, 5.74) is 5.59. The maximum Gasteiger partial charge on any atom is 0.269 e. The quantitative estimate of drug-likeness (QED) is 0.501. The van der Waals surface area contributed by atoms with Gasteiger partial charge in [-0.05, 0) is 55.0 Å². The molecule has 11 heteroatoms. The Morgan fingerprint density at radius 1 is 1.06 bits per heavy atom. The normalized spacial score (nSPS) is 24.9. The smallest absolute Gasteiger partial charge is 0.269 e. The van der Waals surface area contributed by atoms with Gasteiger partial charge < -0.3 is 21.3 Å². The van der Waals surface area contributed by atoms with Crippen LogP contribution >= 0.6 is 0 Å². The van der Waals surface area contributed by atoms with E-state index >= 15 is 0 Å². The monoisotopic (exact) mass is 498 g/mol. The molecule has 2 aromatic rings. The van der Waals surface area contributed by atoms with Crippen molar-refractivity contribution in [3.8, 4) is 0 Å². The van der Waals surface area contributed by atoms with Gasteiger partial charge in [0.2, 0.25) is 11.9 Å². The lowest BCUT2D eigenvalue weighted by atomic mass is 9.34. The Balaban J connectivity index is 1.13. The number of piperazine rings is 1. The van der Waals surface area contributed by atoms with E-state index in [0.717, 1.165) is 45.0 Å². The van der Waals surface area contributed by atoms with E-state index in [1.165, 1.54) is 25.2 Å². The van der Waals surface area contributed by atoms with E-state index in [1.807, 2.05) is 4.90 Å². The maximum absolute atomic E-state index is 14.5. The van der Waals surface area contributed by atoms with Crippen LogP contribution in [0.3, 0.4) is 0 Å². The van der Waals surface area contributed by atoms with Crippen LogP contribution in [0.4, 0.5) is 20.2 Å². The number of carbonyl (C=O) groups is 3. The first-order chi connectivity index (χ1) is 17.1. The minimum Gasteiger partial charge on any atom is -0.366 e. The molecule has 4 fully saturated rings. The molecule has 2 bridgehead atoms. The Labute approximate surface area is 207 Å². The highest BCUT2D eigenvalue weighted by Crippen LogP contribution is 2.73. The number of hydrogen-bond donors (Lipinski definition) is 3. The fourth-order valence-electron chi connectivity index (χ4n) is 6.03. The standard InChI is InChI=1S/C25H28F2N6O3/c1-29-22(35)18-4-5-19(20(27)30-18)33-8-6-32(7-9-33)14-24-11-25(12-24,13-24)23(36)31-17-3-2-15(26)10-16(17)21(28)34/h2-5,10H,6-9,11-14H2,1H3,(H2,28,34)(H,29,35)(H,31,36). The van der Waals surface area contributed by atoms with Crippen molar-refractivity contribution in [2.75, 3.05) is 50.0 Å². The third kappa shape index (κ3) is 4.17. The summed E-state index contributed by atoms with van der Waals surface area (Å²) in [5, 5.41) is 5.21. The molecule has 0 atom stereocenters. The van der Waals surface area contributed by atoms with Gasteiger partial charge in [0.25, 0.3) is 11.8 Å². The minimum absolute atomic E-state index is 0.0440. The molecular formula is C25H28F2N6O3. The number of benzene rings is 1. The van der Waals surface area contributed by atoms with E-state index in [2.05, 4.69) is 20.5 Å². The second kappa shape index (κ2) is 8.81. The van der Waals surface area contributed by atoms with E-state index in [9.17, 15) is 23.2 Å². The van der Waals surface area contributed by atoms with Crippen LogP contribution < -0.4 is 21.3 Å². The van der Waals surface area contributed by atoms with E-state index in [1.54, 1.807) is 6.07 Å². The first-order valence-corrected chi connectivity index (χ1v) is 11.9. The molecule has 1 aromatic heterocycles. The molecule has 1 aromatic carbocycles. The van der Waals surface area contributed by atoms with Gasteiger partial charge in [-0.1, -0.05) is 0 Å². The van der Waals surface area contributed by atoms with Crippen LogP contribution in [0.5, 0.6) is 0 Å². The number of amides is 3. The van der Waals surface area contributed by atoms with Gasteiger partial charge in [0, 0.05) is 39.8 Å². The van der Waals surface area contributed by atoms with Crippen molar-refractivity contribution in [3.05, 3.63) is 53.4 Å². The number of pyridine rings is 1. The van der Waals surface area contributed by atoms with Gasteiger partial charge in [-0.2, -0.15) is 4.39 Å². The zero-order valence-electron chi connectivity index (χ0n) is 19.9. The van der Waals surface area contributed by atoms with Crippen LogP contribution in [0.1, 0.15) is 40.1 Å². The average molecular weight is 499 g/mol. The van der Waals surface area contributed by atoms with E-state index < -0.39 is 29.0 Å². The van der Waals surface area contributed by atoms with Gasteiger partial charge in [-0.15, -0.1) is 0 Å². The predicted octanol–water partition coefficient (Wildman–Crippen LogP) is 1.75. The average Bonchev–Trinajstić information content (AvgIpc) is 2.81. The first-order valence-electron chi connectivity index (χ1n) is 11.9. The Hall–Kier alpha value is -3.60. The van der Waals surface area contributed by atoms with Gasteiger partial charge in [-0.25, -0.2) is 9.37 Å². The lowest BCUT2D eigenvalue weighted by Gasteiger charge is -2.70. The molecule has 6 rings (SSSR count). The maximum atomic E-state index is 14.5. The Morgan fingerprint density at radius 2 is 1.75 bits per heavy atom. The van der Waals surface area contributed by atoms with Gasteiger partial charge in [0.1, 0.15) is 11.5 Å². The van der Waals surface area contributed by atoms with Crippen LogP contribution in [0.25, 0.3) is 0 Å². The van der Waals surface area contributed by atoms with Crippen molar-refractivity contribution in [2.24, 2.45) is 16.6 Å². The zero-order chi connectivity index (χ0) is 25.7. The number of anilines is 2. The topological polar surface area (TPSA) is 121 Å². The van der Waals surface area contributed by atoms with Gasteiger partial charge >= 0.3 is 0 Å². The minimum atomic E-state index is -0.795. The van der Waals surface area contributed by atoms with Crippen LogP contribution in [0, 0.1) is 22.6 Å². The SMILES string of the molecule is CNC(=O)c1ccc(N2CCN(CC34CC(C(=O)Nc5ccc(F)cc5C(N)=O)(C3)C4)CC2)c(F)n1. The molecule has 4 N–H and O–H groups in total. The van der Waals surface area contributed by atoms with Gasteiger partial charge in [-0.3, -0.25) is 19.3 Å². The predicted molar refractivity (Wildman–Crippen MR) is 129 cm³/mol. The molecule has 2 heterocycles. The summed E-state index contributed by atoms with van der Waals surface area (Å²) in [6.45, 7) is 3.67. The van der Waals surface area contributed by atoms with Crippen LogP contribution in [-0.4, -0.2) is 67.4 Å². The third-order valence-corrected chi connectivity index (χ3v) is 7.68. The van der Waals surface area contributed by atoms with Crippen molar-refractivity contribution in [1.29, 1.82) is 0 Å². The van der Waals surface area contributed by atoms with E-state index in [0.29, 0.717) is 18.8 Å². The fraction of sp³-hybridized carbons (Fsp3) is 0.440. The molecule has 1 saturated heterocycles. The summed E-state index contributed by atoms with van der Waals surface area (Å²) in [5.74, 6) is -2.63. The number of halogens is 2. The van der Waals surface area contributed by atoms with Crippen molar-refractivity contribution >= 4 is 29.1 Å². The number of rotatable bonds is 7. The molecule has 0 radical (unpaired) electrons. The molecule has 190 valence electrons. The number of carbonyl (C=O) groups excluding carboxylic acids is 3. The summed E-state index contributed by atoms with van der Waals surface area (Å²) in [6.07, 6.45) is 2.29. The van der Waals surface area contributed by atoms with Gasteiger partial charge in [0.15, 0.2) is 0 Å². The molecule has 3 aliphatic carbocycles. The number of nitrogens with one attached hydrogen (secondary N) is 2. The molecule has 36 heavy (non-hydrogen) atoms. The third-order valence-electron chi connectivity index (χ3n) is 7.68. The molecule has 1 aliphatic heterocycles. The molecule has 9 nitrogen and oxygen atoms in total. The van der Waals surface area contributed by atoms with E-state index in [-0.39, 0.29) is 28.3 Å². The summed E-state index contributed by atoms with van der Waals surface area (Å²) in [6, 6.07) is 6.69. The summed E-state index contributed by atoms with van der Waals surface area (Å²) < 4.78 is 28.0. The lowest BCUT2D eigenvalue weighted by molar-refractivity contribution is -0.209. The van der Waals surface area contributed by atoms with E-state index in [4.69, 9.17) is 5.73 Å². The summed E-state index contributed by atoms with van der Waals surface area (Å²) in [4.78, 5) is 44.3. The second-order valence-electron chi connectivity index (χ2n) is 10.2. The zero-order valence-corrected chi connectivity index (χ0v) is 19.9. The fourth-order valence-corrected chi connectivity index (χ4v) is 6.03. The molecule has 3 amide bonds. The van der Waals surface area contributed by atoms with Crippen molar-refractivity contribution in [3.63, 3.8) is 0 Å². The Bertz CT molecular complexity index is 1220. The van der Waals surface area contributed by atoms with Crippen molar-refractivity contribution in [2.45, 2.75) is 19.3 Å². The summed E-state index contributed by atoms with van der Waals surface area (Å²) in [7, 11) is 1.47. The highest BCUT2D eigenvalue weighted by atomic mass is 19.1. The lowest BCUT2D eigenvalue weighted by Crippen LogP contribution is -2.70. The van der Waals surface area contributed by atoms with Crippen molar-refractivity contribution in [1.82, 2.24) is 15.2 Å².